The lowest BCUT2D eigenvalue weighted by Gasteiger charge is -2.29. The molecule has 0 amide bonds. The zero-order valence-corrected chi connectivity index (χ0v) is 9.00. The lowest BCUT2D eigenvalue weighted by molar-refractivity contribution is -0.147. The highest BCUT2D eigenvalue weighted by atomic mass is 16.5. The van der Waals surface area contributed by atoms with E-state index in [4.69, 9.17) is 14.9 Å². The average Bonchev–Trinajstić information content (AvgIpc) is 2.28. The Bertz CT molecular complexity index is 454. The normalized spacial score (nSPS) is 22.4. The fraction of sp³-hybridized carbons (Fsp3) is 0.333. The number of aliphatic carboxylic acids is 2. The molecule has 0 saturated heterocycles. The van der Waals surface area contributed by atoms with Crippen LogP contribution in [0.1, 0.15) is 24.3 Å². The van der Waals surface area contributed by atoms with E-state index in [-0.39, 0.29) is 18.8 Å². The van der Waals surface area contributed by atoms with Crippen LogP contribution in [0.4, 0.5) is 0 Å². The molecule has 0 fully saturated rings. The van der Waals surface area contributed by atoms with E-state index in [1.54, 1.807) is 24.3 Å². The van der Waals surface area contributed by atoms with E-state index >= 15 is 0 Å². The number of carboxylic acids is 2. The maximum absolute atomic E-state index is 10.9. The third-order valence-electron chi connectivity index (χ3n) is 2.82. The Hall–Kier alpha value is -2.04. The van der Waals surface area contributed by atoms with Crippen molar-refractivity contribution in [3.8, 4) is 5.75 Å². The number of carboxylic acid groups (broad SMARTS) is 2. The summed E-state index contributed by atoms with van der Waals surface area (Å²) < 4.78 is 5.31. The fourth-order valence-electron chi connectivity index (χ4n) is 2.07. The summed E-state index contributed by atoms with van der Waals surface area (Å²) in [6.45, 7) is 0. The van der Waals surface area contributed by atoms with Crippen LogP contribution < -0.4 is 4.74 Å². The summed E-state index contributed by atoms with van der Waals surface area (Å²) in [4.78, 5) is 21.7. The summed E-state index contributed by atoms with van der Waals surface area (Å²) in [5, 5.41) is 17.8. The van der Waals surface area contributed by atoms with Gasteiger partial charge >= 0.3 is 11.9 Å². The monoisotopic (exact) mass is 236 g/mol. The number of rotatable bonds is 3. The molecule has 0 radical (unpaired) electrons. The van der Waals surface area contributed by atoms with Crippen molar-refractivity contribution in [1.29, 1.82) is 0 Å². The topological polar surface area (TPSA) is 83.8 Å². The van der Waals surface area contributed by atoms with Gasteiger partial charge in [0.15, 0.2) is 6.10 Å². The molecule has 2 N–H and O–H groups in total. The zero-order chi connectivity index (χ0) is 12.4. The molecule has 2 atom stereocenters. The first-order chi connectivity index (χ1) is 8.08. The molecule has 1 aliphatic heterocycles. The van der Waals surface area contributed by atoms with Crippen LogP contribution in [0.3, 0.4) is 0 Å². The predicted octanol–water partition coefficient (Wildman–Crippen LogP) is 1.48. The van der Waals surface area contributed by atoms with E-state index in [0.717, 1.165) is 5.56 Å². The Balaban J connectivity index is 2.32. The largest absolute Gasteiger partial charge is 0.481 e. The van der Waals surface area contributed by atoms with Crippen LogP contribution >= 0.6 is 0 Å². The highest BCUT2D eigenvalue weighted by Crippen LogP contribution is 2.38. The second kappa shape index (κ2) is 4.45. The van der Waals surface area contributed by atoms with Crippen LogP contribution in [-0.2, 0) is 9.59 Å². The number of carbonyl (C=O) groups is 2. The van der Waals surface area contributed by atoms with Gasteiger partial charge in [0.05, 0.1) is 6.42 Å². The summed E-state index contributed by atoms with van der Waals surface area (Å²) in [7, 11) is 0. The van der Waals surface area contributed by atoms with Crippen LogP contribution in [0.25, 0.3) is 0 Å². The number of para-hydroxylation sites is 1. The van der Waals surface area contributed by atoms with Gasteiger partial charge in [0.25, 0.3) is 0 Å². The van der Waals surface area contributed by atoms with Crippen LogP contribution in [0, 0.1) is 0 Å². The van der Waals surface area contributed by atoms with Crippen molar-refractivity contribution in [2.75, 3.05) is 0 Å². The standard InChI is InChI=1S/C12H12O5/c13-11(14)6-7-5-10(12(15)16)17-9-4-2-1-3-8(7)9/h1-4,7,10H,5-6H2,(H,13,14)(H,15,16). The zero-order valence-electron chi connectivity index (χ0n) is 9.00. The van der Waals surface area contributed by atoms with Gasteiger partial charge in [-0.3, -0.25) is 4.79 Å². The molecule has 2 unspecified atom stereocenters. The molecule has 90 valence electrons. The maximum atomic E-state index is 10.9. The number of ether oxygens (including phenoxy) is 1. The van der Waals surface area contributed by atoms with Crippen molar-refractivity contribution in [1.82, 2.24) is 0 Å². The minimum absolute atomic E-state index is 0.0792. The van der Waals surface area contributed by atoms with Crippen LogP contribution in [0.15, 0.2) is 24.3 Å². The SMILES string of the molecule is O=C(O)CC1CC(C(=O)O)Oc2ccccc21. The Kier molecular flexibility index (Phi) is 2.99. The van der Waals surface area contributed by atoms with E-state index < -0.39 is 18.0 Å². The Morgan fingerprint density at radius 2 is 2.00 bits per heavy atom. The molecular formula is C12H12O5. The molecule has 1 aromatic rings. The third-order valence-corrected chi connectivity index (χ3v) is 2.82. The van der Waals surface area contributed by atoms with Gasteiger partial charge in [-0.1, -0.05) is 18.2 Å². The third kappa shape index (κ3) is 2.38. The molecule has 1 heterocycles. The molecule has 0 bridgehead atoms. The minimum Gasteiger partial charge on any atom is -0.481 e. The molecule has 17 heavy (non-hydrogen) atoms. The van der Waals surface area contributed by atoms with Gasteiger partial charge in [0, 0.05) is 12.3 Å². The van der Waals surface area contributed by atoms with E-state index in [1.165, 1.54) is 0 Å². The average molecular weight is 236 g/mol. The number of fused-ring (bicyclic) bond motifs is 1. The molecule has 2 rings (SSSR count). The second-order valence-corrected chi connectivity index (χ2v) is 4.01. The smallest absolute Gasteiger partial charge is 0.344 e. The first-order valence-corrected chi connectivity index (χ1v) is 5.28. The van der Waals surface area contributed by atoms with Gasteiger partial charge in [-0.05, 0) is 11.6 Å². The Labute approximate surface area is 97.6 Å². The molecule has 5 nitrogen and oxygen atoms in total. The number of benzene rings is 1. The summed E-state index contributed by atoms with van der Waals surface area (Å²) in [6, 6.07) is 6.97. The first-order valence-electron chi connectivity index (χ1n) is 5.28. The van der Waals surface area contributed by atoms with Crippen LogP contribution in [0.5, 0.6) is 5.75 Å². The van der Waals surface area contributed by atoms with Gasteiger partial charge in [-0.15, -0.1) is 0 Å². The van der Waals surface area contributed by atoms with Crippen molar-refractivity contribution in [2.24, 2.45) is 0 Å². The minimum atomic E-state index is -1.06. The lowest BCUT2D eigenvalue weighted by atomic mass is 9.87. The summed E-state index contributed by atoms with van der Waals surface area (Å²) in [6.07, 6.45) is -0.850. The van der Waals surface area contributed by atoms with Gasteiger partial charge in [-0.25, -0.2) is 4.79 Å². The van der Waals surface area contributed by atoms with Crippen molar-refractivity contribution < 1.29 is 24.5 Å². The van der Waals surface area contributed by atoms with Gasteiger partial charge in [-0.2, -0.15) is 0 Å². The van der Waals surface area contributed by atoms with E-state index in [2.05, 4.69) is 0 Å². The Morgan fingerprint density at radius 3 is 2.65 bits per heavy atom. The molecular weight excluding hydrogens is 224 g/mol. The second-order valence-electron chi connectivity index (χ2n) is 4.01. The number of hydrogen-bond donors (Lipinski definition) is 2. The van der Waals surface area contributed by atoms with Gasteiger partial charge in [0.2, 0.25) is 0 Å². The van der Waals surface area contributed by atoms with Crippen molar-refractivity contribution in [3.05, 3.63) is 29.8 Å². The van der Waals surface area contributed by atoms with Gasteiger partial charge < -0.3 is 14.9 Å². The van der Waals surface area contributed by atoms with Crippen molar-refractivity contribution in [3.63, 3.8) is 0 Å². The number of hydrogen-bond acceptors (Lipinski definition) is 3. The van der Waals surface area contributed by atoms with E-state index in [9.17, 15) is 9.59 Å². The predicted molar refractivity (Wildman–Crippen MR) is 58.1 cm³/mol. The highest BCUT2D eigenvalue weighted by molar-refractivity contribution is 5.74. The van der Waals surface area contributed by atoms with Crippen molar-refractivity contribution >= 4 is 11.9 Å². The molecule has 1 aliphatic rings. The molecule has 0 aromatic heterocycles. The first kappa shape index (κ1) is 11.4. The molecule has 0 saturated carbocycles. The fourth-order valence-corrected chi connectivity index (χ4v) is 2.07. The van der Waals surface area contributed by atoms with E-state index in [1.807, 2.05) is 0 Å². The lowest BCUT2D eigenvalue weighted by Crippen LogP contribution is -2.33. The van der Waals surface area contributed by atoms with Crippen molar-refractivity contribution in [2.45, 2.75) is 24.9 Å². The Morgan fingerprint density at radius 1 is 1.29 bits per heavy atom. The summed E-state index contributed by atoms with van der Waals surface area (Å²) >= 11 is 0. The molecule has 0 spiro atoms. The molecule has 0 aliphatic carbocycles. The van der Waals surface area contributed by atoms with Gasteiger partial charge in [0.1, 0.15) is 5.75 Å². The maximum Gasteiger partial charge on any atom is 0.344 e. The van der Waals surface area contributed by atoms with E-state index in [0.29, 0.717) is 5.75 Å². The molecule has 5 heteroatoms. The van der Waals surface area contributed by atoms with Crippen LogP contribution in [-0.4, -0.2) is 28.3 Å². The van der Waals surface area contributed by atoms with Crippen LogP contribution in [0.2, 0.25) is 0 Å². The quantitative estimate of drug-likeness (QED) is 0.830. The summed E-state index contributed by atoms with van der Waals surface area (Å²) in [5.41, 5.74) is 0.771. The molecule has 1 aromatic carbocycles. The highest BCUT2D eigenvalue weighted by Gasteiger charge is 2.33. The summed E-state index contributed by atoms with van der Waals surface area (Å²) in [5.74, 6) is -1.83.